The molecule has 0 aromatic heterocycles. The molecule has 0 aliphatic heterocycles. The standard InChI is InChI=1S/C12H17N3O/c1-3-8-6-9(4-5-11(8)16-2)10(13)7-12(14)15/h4-6,13H,3,7H2,1-2H3,(H3,14,15). The molecule has 0 aliphatic rings. The molecule has 0 unspecified atom stereocenters. The molecule has 0 heterocycles. The van der Waals surface area contributed by atoms with Crippen LogP contribution in [0.4, 0.5) is 0 Å². The van der Waals surface area contributed by atoms with Crippen molar-refractivity contribution in [3.05, 3.63) is 29.3 Å². The maximum atomic E-state index is 7.80. The van der Waals surface area contributed by atoms with Gasteiger partial charge in [-0.3, -0.25) is 5.41 Å². The summed E-state index contributed by atoms with van der Waals surface area (Å²) >= 11 is 0. The molecule has 4 N–H and O–H groups in total. The molecule has 4 heteroatoms. The van der Waals surface area contributed by atoms with E-state index in [9.17, 15) is 0 Å². The van der Waals surface area contributed by atoms with E-state index in [1.807, 2.05) is 25.1 Å². The van der Waals surface area contributed by atoms with E-state index in [1.54, 1.807) is 7.11 Å². The van der Waals surface area contributed by atoms with E-state index < -0.39 is 0 Å². The zero-order valence-corrected chi connectivity index (χ0v) is 9.63. The molecule has 1 aromatic carbocycles. The summed E-state index contributed by atoms with van der Waals surface area (Å²) in [5.41, 5.74) is 7.50. The fraction of sp³-hybridized carbons (Fsp3) is 0.333. The van der Waals surface area contributed by atoms with E-state index >= 15 is 0 Å². The summed E-state index contributed by atoms with van der Waals surface area (Å²) in [7, 11) is 1.63. The Balaban J connectivity index is 2.98. The number of hydrogen-bond donors (Lipinski definition) is 3. The molecular weight excluding hydrogens is 202 g/mol. The van der Waals surface area contributed by atoms with Crippen molar-refractivity contribution in [2.24, 2.45) is 5.73 Å². The summed E-state index contributed by atoms with van der Waals surface area (Å²) in [4.78, 5) is 0. The third kappa shape index (κ3) is 2.82. The average Bonchev–Trinajstić information content (AvgIpc) is 2.27. The number of aryl methyl sites for hydroxylation is 1. The topological polar surface area (TPSA) is 83.0 Å². The highest BCUT2D eigenvalue weighted by atomic mass is 16.5. The zero-order valence-electron chi connectivity index (χ0n) is 9.63. The Labute approximate surface area is 95.4 Å². The van der Waals surface area contributed by atoms with Gasteiger partial charge >= 0.3 is 0 Å². The van der Waals surface area contributed by atoms with E-state index in [1.165, 1.54) is 0 Å². The van der Waals surface area contributed by atoms with Crippen molar-refractivity contribution < 1.29 is 4.74 Å². The Morgan fingerprint density at radius 2 is 2.06 bits per heavy atom. The fourth-order valence-electron chi connectivity index (χ4n) is 1.54. The maximum absolute atomic E-state index is 7.80. The lowest BCUT2D eigenvalue weighted by atomic mass is 10.0. The Hall–Kier alpha value is -1.84. The van der Waals surface area contributed by atoms with Crippen molar-refractivity contribution in [1.29, 1.82) is 10.8 Å². The number of hydrogen-bond acceptors (Lipinski definition) is 3. The molecule has 16 heavy (non-hydrogen) atoms. The van der Waals surface area contributed by atoms with E-state index in [0.29, 0.717) is 5.71 Å². The Kier molecular flexibility index (Phi) is 4.05. The van der Waals surface area contributed by atoms with Crippen LogP contribution in [-0.2, 0) is 6.42 Å². The summed E-state index contributed by atoms with van der Waals surface area (Å²) in [6.45, 7) is 2.04. The van der Waals surface area contributed by atoms with Gasteiger partial charge in [0.1, 0.15) is 5.75 Å². The molecule has 4 nitrogen and oxygen atoms in total. The van der Waals surface area contributed by atoms with Gasteiger partial charge in [0.05, 0.1) is 12.9 Å². The largest absolute Gasteiger partial charge is 0.496 e. The lowest BCUT2D eigenvalue weighted by molar-refractivity contribution is 0.410. The number of rotatable bonds is 5. The summed E-state index contributed by atoms with van der Waals surface area (Å²) in [6, 6.07) is 5.59. The van der Waals surface area contributed by atoms with Crippen molar-refractivity contribution in [2.45, 2.75) is 19.8 Å². The fourth-order valence-corrected chi connectivity index (χ4v) is 1.54. The lowest BCUT2D eigenvalue weighted by Gasteiger charge is -2.09. The zero-order chi connectivity index (χ0) is 12.1. The normalized spacial score (nSPS) is 9.88. The molecule has 0 bridgehead atoms. The summed E-state index contributed by atoms with van der Waals surface area (Å²) in [5, 5.41) is 15.0. The average molecular weight is 219 g/mol. The first-order valence-corrected chi connectivity index (χ1v) is 5.16. The maximum Gasteiger partial charge on any atom is 0.122 e. The molecule has 0 saturated heterocycles. The van der Waals surface area contributed by atoms with Gasteiger partial charge in [0, 0.05) is 12.1 Å². The first-order valence-electron chi connectivity index (χ1n) is 5.16. The highest BCUT2D eigenvalue weighted by Crippen LogP contribution is 2.20. The molecule has 0 atom stereocenters. The molecule has 0 radical (unpaired) electrons. The predicted octanol–water partition coefficient (Wildman–Crippen LogP) is 1.95. The van der Waals surface area contributed by atoms with E-state index in [0.717, 1.165) is 23.3 Å². The van der Waals surface area contributed by atoms with Crippen molar-refractivity contribution >= 4 is 11.5 Å². The van der Waals surface area contributed by atoms with Crippen LogP contribution in [0.25, 0.3) is 0 Å². The SMILES string of the molecule is CCc1cc(C(=N)CC(=N)N)ccc1OC. The van der Waals surface area contributed by atoms with Crippen LogP contribution in [0, 0.1) is 10.8 Å². The van der Waals surface area contributed by atoms with Gasteiger partial charge < -0.3 is 15.9 Å². The highest BCUT2D eigenvalue weighted by molar-refractivity contribution is 6.09. The second-order valence-electron chi connectivity index (χ2n) is 3.56. The smallest absolute Gasteiger partial charge is 0.122 e. The third-order valence-corrected chi connectivity index (χ3v) is 2.38. The minimum atomic E-state index is 0.0128. The van der Waals surface area contributed by atoms with Gasteiger partial charge in [0.15, 0.2) is 0 Å². The first-order chi connectivity index (χ1) is 7.58. The quantitative estimate of drug-likeness (QED) is 0.522. The van der Waals surface area contributed by atoms with Crippen molar-refractivity contribution in [3.8, 4) is 5.75 Å². The van der Waals surface area contributed by atoms with Crippen LogP contribution in [0.1, 0.15) is 24.5 Å². The van der Waals surface area contributed by atoms with Gasteiger partial charge in [-0.25, -0.2) is 0 Å². The van der Waals surface area contributed by atoms with Gasteiger partial charge in [-0.2, -0.15) is 0 Å². The molecular formula is C12H17N3O. The van der Waals surface area contributed by atoms with Crippen LogP contribution in [-0.4, -0.2) is 18.7 Å². The monoisotopic (exact) mass is 219 g/mol. The van der Waals surface area contributed by atoms with Crippen LogP contribution in [0.3, 0.4) is 0 Å². The third-order valence-electron chi connectivity index (χ3n) is 2.38. The van der Waals surface area contributed by atoms with E-state index in [-0.39, 0.29) is 12.3 Å². The highest BCUT2D eigenvalue weighted by Gasteiger charge is 2.07. The first kappa shape index (κ1) is 12.2. The van der Waals surface area contributed by atoms with Crippen molar-refractivity contribution in [2.75, 3.05) is 7.11 Å². The molecule has 0 amide bonds. The second-order valence-corrected chi connectivity index (χ2v) is 3.56. The molecule has 86 valence electrons. The predicted molar refractivity (Wildman–Crippen MR) is 65.7 cm³/mol. The summed E-state index contributed by atoms with van der Waals surface area (Å²) in [5.74, 6) is 0.848. The minimum absolute atomic E-state index is 0.0128. The number of nitrogens with one attached hydrogen (secondary N) is 2. The van der Waals surface area contributed by atoms with Gasteiger partial charge in [0.25, 0.3) is 0 Å². The Bertz CT molecular complexity index is 413. The van der Waals surface area contributed by atoms with E-state index in [2.05, 4.69) is 0 Å². The van der Waals surface area contributed by atoms with Crippen LogP contribution in [0.15, 0.2) is 18.2 Å². The van der Waals surface area contributed by atoms with Crippen molar-refractivity contribution in [1.82, 2.24) is 0 Å². The molecule has 0 spiro atoms. The van der Waals surface area contributed by atoms with Crippen LogP contribution < -0.4 is 10.5 Å². The molecule has 0 fully saturated rings. The number of benzene rings is 1. The second kappa shape index (κ2) is 5.30. The number of ether oxygens (including phenoxy) is 1. The van der Waals surface area contributed by atoms with Crippen LogP contribution >= 0.6 is 0 Å². The lowest BCUT2D eigenvalue weighted by Crippen LogP contribution is -2.15. The molecule has 0 saturated carbocycles. The number of amidine groups is 1. The van der Waals surface area contributed by atoms with Crippen LogP contribution in [0.2, 0.25) is 0 Å². The van der Waals surface area contributed by atoms with Gasteiger partial charge in [-0.05, 0) is 35.7 Å². The van der Waals surface area contributed by atoms with Gasteiger partial charge in [-0.15, -0.1) is 0 Å². The summed E-state index contributed by atoms with van der Waals surface area (Å²) in [6.07, 6.45) is 1.04. The van der Waals surface area contributed by atoms with Crippen molar-refractivity contribution in [3.63, 3.8) is 0 Å². The number of nitrogens with two attached hydrogens (primary N) is 1. The molecule has 1 rings (SSSR count). The van der Waals surface area contributed by atoms with Gasteiger partial charge in [0.2, 0.25) is 0 Å². The van der Waals surface area contributed by atoms with Gasteiger partial charge in [-0.1, -0.05) is 6.92 Å². The van der Waals surface area contributed by atoms with Crippen LogP contribution in [0.5, 0.6) is 5.75 Å². The Morgan fingerprint density at radius 3 is 2.56 bits per heavy atom. The summed E-state index contributed by atoms with van der Waals surface area (Å²) < 4.78 is 5.21. The minimum Gasteiger partial charge on any atom is -0.496 e. The number of methoxy groups -OCH3 is 1. The Morgan fingerprint density at radius 1 is 1.38 bits per heavy atom. The molecule has 0 aliphatic carbocycles. The van der Waals surface area contributed by atoms with E-state index in [4.69, 9.17) is 21.3 Å². The molecule has 1 aromatic rings.